The molecule has 0 aliphatic carbocycles. The van der Waals surface area contributed by atoms with Gasteiger partial charge < -0.3 is 0 Å². The Morgan fingerprint density at radius 1 is 1.40 bits per heavy atom. The zero-order valence-electron chi connectivity index (χ0n) is 8.79. The second-order valence-corrected chi connectivity index (χ2v) is 6.84. The molecule has 2 aromatic rings. The quantitative estimate of drug-likeness (QED) is 0.728. The number of hydrogen-bond donors (Lipinski definition) is 0. The van der Waals surface area contributed by atoms with Crippen LogP contribution in [0.3, 0.4) is 0 Å². The summed E-state index contributed by atoms with van der Waals surface area (Å²) in [6, 6.07) is 8.35. The summed E-state index contributed by atoms with van der Waals surface area (Å²) in [5.41, 5.74) is 0. The van der Waals surface area contributed by atoms with Crippen LogP contribution in [-0.2, 0) is 5.75 Å². The van der Waals surface area contributed by atoms with Crippen LogP contribution in [0.5, 0.6) is 0 Å². The Morgan fingerprint density at radius 3 is 2.87 bits per heavy atom. The third-order valence-electron chi connectivity index (χ3n) is 2.11. The number of fused-ring (bicyclic) bond motifs is 1. The molecule has 0 aliphatic rings. The van der Waals surface area contributed by atoms with E-state index >= 15 is 0 Å². The molecule has 15 heavy (non-hydrogen) atoms. The van der Waals surface area contributed by atoms with E-state index in [1.165, 1.54) is 15.0 Å². The van der Waals surface area contributed by atoms with Crippen LogP contribution in [-0.4, -0.2) is 5.25 Å². The lowest BCUT2D eigenvalue weighted by Crippen LogP contribution is -1.85. The molecule has 0 saturated heterocycles. The van der Waals surface area contributed by atoms with Crippen LogP contribution in [0.25, 0.3) is 10.1 Å². The summed E-state index contributed by atoms with van der Waals surface area (Å²) in [7, 11) is 0. The van der Waals surface area contributed by atoms with Crippen LogP contribution < -0.4 is 0 Å². The molecule has 2 rings (SSSR count). The van der Waals surface area contributed by atoms with E-state index in [1.54, 1.807) is 0 Å². The molecule has 0 atom stereocenters. The standard InChI is InChI=1S/C12H13ClS2/c1-8(2)14-7-10-6-9-4-3-5-11(13)12(9)15-10/h3-6,8H,7H2,1-2H3. The highest BCUT2D eigenvalue weighted by molar-refractivity contribution is 7.99. The first kappa shape index (κ1) is 11.3. The Labute approximate surface area is 104 Å². The zero-order valence-corrected chi connectivity index (χ0v) is 11.2. The van der Waals surface area contributed by atoms with Crippen LogP contribution in [0.2, 0.25) is 5.02 Å². The lowest BCUT2D eigenvalue weighted by Gasteiger charge is -2.00. The maximum atomic E-state index is 6.14. The topological polar surface area (TPSA) is 0 Å². The molecule has 1 heterocycles. The number of halogens is 1. The monoisotopic (exact) mass is 256 g/mol. The highest BCUT2D eigenvalue weighted by Gasteiger charge is 2.05. The van der Waals surface area contributed by atoms with Crippen molar-refractivity contribution < 1.29 is 0 Å². The van der Waals surface area contributed by atoms with Gasteiger partial charge >= 0.3 is 0 Å². The van der Waals surface area contributed by atoms with Crippen molar-refractivity contribution in [1.29, 1.82) is 0 Å². The molecule has 0 N–H and O–H groups in total. The van der Waals surface area contributed by atoms with E-state index in [0.717, 1.165) is 10.8 Å². The van der Waals surface area contributed by atoms with Gasteiger partial charge in [0.25, 0.3) is 0 Å². The zero-order chi connectivity index (χ0) is 10.8. The summed E-state index contributed by atoms with van der Waals surface area (Å²) in [5, 5.41) is 2.83. The molecular formula is C12H13ClS2. The van der Waals surface area contributed by atoms with Crippen molar-refractivity contribution in [2.24, 2.45) is 0 Å². The van der Waals surface area contributed by atoms with Gasteiger partial charge in [0.05, 0.1) is 9.72 Å². The lowest BCUT2D eigenvalue weighted by atomic mass is 10.2. The molecule has 80 valence electrons. The van der Waals surface area contributed by atoms with Gasteiger partial charge in [0.1, 0.15) is 0 Å². The molecule has 0 unspecified atom stereocenters. The predicted molar refractivity (Wildman–Crippen MR) is 73.3 cm³/mol. The van der Waals surface area contributed by atoms with E-state index < -0.39 is 0 Å². The first-order valence-corrected chi connectivity index (χ1v) is 7.19. The molecule has 0 aliphatic heterocycles. The smallest absolute Gasteiger partial charge is 0.0584 e. The summed E-state index contributed by atoms with van der Waals surface area (Å²) in [4.78, 5) is 1.41. The van der Waals surface area contributed by atoms with E-state index in [-0.39, 0.29) is 0 Å². The van der Waals surface area contributed by atoms with Gasteiger partial charge in [0.15, 0.2) is 0 Å². The van der Waals surface area contributed by atoms with Gasteiger partial charge in [0.2, 0.25) is 0 Å². The number of rotatable bonds is 3. The molecule has 1 aromatic carbocycles. The number of thiophene rings is 1. The number of hydrogen-bond acceptors (Lipinski definition) is 2. The largest absolute Gasteiger partial charge is 0.154 e. The van der Waals surface area contributed by atoms with Crippen molar-refractivity contribution in [3.05, 3.63) is 34.2 Å². The minimum absolute atomic E-state index is 0.686. The maximum Gasteiger partial charge on any atom is 0.0584 e. The average Bonchev–Trinajstić information content (AvgIpc) is 2.59. The lowest BCUT2D eigenvalue weighted by molar-refractivity contribution is 1.11. The molecule has 0 fully saturated rings. The molecule has 3 heteroatoms. The van der Waals surface area contributed by atoms with E-state index in [0.29, 0.717) is 5.25 Å². The Balaban J connectivity index is 2.27. The highest BCUT2D eigenvalue weighted by Crippen LogP contribution is 2.33. The van der Waals surface area contributed by atoms with Crippen LogP contribution in [0.1, 0.15) is 18.7 Å². The highest BCUT2D eigenvalue weighted by atomic mass is 35.5. The predicted octanol–water partition coefficient (Wildman–Crippen LogP) is 5.20. The molecule has 1 aromatic heterocycles. The first-order chi connectivity index (χ1) is 7.16. The fraction of sp³-hybridized carbons (Fsp3) is 0.333. The Bertz CT molecular complexity index is 460. The van der Waals surface area contributed by atoms with Gasteiger partial charge in [-0.2, -0.15) is 11.8 Å². The minimum atomic E-state index is 0.686. The third kappa shape index (κ3) is 2.68. The van der Waals surface area contributed by atoms with Crippen molar-refractivity contribution in [1.82, 2.24) is 0 Å². The van der Waals surface area contributed by atoms with Crippen LogP contribution in [0.15, 0.2) is 24.3 Å². The summed E-state index contributed by atoms with van der Waals surface area (Å²) in [6.45, 7) is 4.45. The van der Waals surface area contributed by atoms with Gasteiger partial charge in [-0.3, -0.25) is 0 Å². The minimum Gasteiger partial charge on any atom is -0.154 e. The Kier molecular flexibility index (Phi) is 3.60. The third-order valence-corrected chi connectivity index (χ3v) is 5.04. The molecule has 0 saturated carbocycles. The molecule has 0 nitrogen and oxygen atoms in total. The maximum absolute atomic E-state index is 6.14. The second-order valence-electron chi connectivity index (χ2n) is 3.73. The SMILES string of the molecule is CC(C)SCc1cc2cccc(Cl)c2s1. The normalized spacial score (nSPS) is 11.5. The van der Waals surface area contributed by atoms with Gasteiger partial charge in [-0.15, -0.1) is 11.3 Å². The summed E-state index contributed by atoms with van der Waals surface area (Å²) < 4.78 is 1.22. The van der Waals surface area contributed by atoms with Crippen molar-refractivity contribution in [3.8, 4) is 0 Å². The van der Waals surface area contributed by atoms with E-state index in [4.69, 9.17) is 11.6 Å². The second kappa shape index (κ2) is 4.77. The van der Waals surface area contributed by atoms with Crippen molar-refractivity contribution in [2.45, 2.75) is 24.9 Å². The first-order valence-electron chi connectivity index (χ1n) is 4.95. The Hall–Kier alpha value is -0.180. The fourth-order valence-corrected chi connectivity index (χ4v) is 3.58. The molecule has 0 amide bonds. The van der Waals surface area contributed by atoms with E-state index in [1.807, 2.05) is 35.2 Å². The number of thioether (sulfide) groups is 1. The Morgan fingerprint density at radius 2 is 2.20 bits per heavy atom. The van der Waals surface area contributed by atoms with Gasteiger partial charge in [0, 0.05) is 10.6 Å². The van der Waals surface area contributed by atoms with E-state index in [9.17, 15) is 0 Å². The summed E-state index contributed by atoms with van der Waals surface area (Å²) in [6.07, 6.45) is 0. The number of benzene rings is 1. The van der Waals surface area contributed by atoms with Crippen molar-refractivity contribution in [3.63, 3.8) is 0 Å². The fourth-order valence-electron chi connectivity index (χ4n) is 1.40. The molecule has 0 spiro atoms. The van der Waals surface area contributed by atoms with Gasteiger partial charge in [-0.1, -0.05) is 37.6 Å². The van der Waals surface area contributed by atoms with Gasteiger partial charge in [-0.05, 0) is 22.8 Å². The molecular weight excluding hydrogens is 244 g/mol. The van der Waals surface area contributed by atoms with Crippen LogP contribution >= 0.6 is 34.7 Å². The summed E-state index contributed by atoms with van der Waals surface area (Å²) >= 11 is 9.92. The van der Waals surface area contributed by atoms with Gasteiger partial charge in [-0.25, -0.2) is 0 Å². The average molecular weight is 257 g/mol. The van der Waals surface area contributed by atoms with Crippen LogP contribution in [0, 0.1) is 0 Å². The van der Waals surface area contributed by atoms with Crippen molar-refractivity contribution in [2.75, 3.05) is 0 Å². The van der Waals surface area contributed by atoms with Crippen LogP contribution in [0.4, 0.5) is 0 Å². The van der Waals surface area contributed by atoms with Crippen molar-refractivity contribution >= 4 is 44.8 Å². The molecule has 0 radical (unpaired) electrons. The molecule has 0 bridgehead atoms. The summed E-state index contributed by atoms with van der Waals surface area (Å²) in [5.74, 6) is 1.09. The van der Waals surface area contributed by atoms with E-state index in [2.05, 4.69) is 26.0 Å².